The fraction of sp³-hybridized carbons (Fsp3) is 0.500. The van der Waals surface area contributed by atoms with Gasteiger partial charge in [0.05, 0.1) is 33.4 Å². The van der Waals surface area contributed by atoms with Crippen molar-refractivity contribution in [2.24, 2.45) is 5.73 Å². The van der Waals surface area contributed by atoms with Crippen molar-refractivity contribution in [1.29, 1.82) is 0 Å². The standard InChI is InChI=1S/C12H17NO5/c1-16-11(14)4-3-9-8(5-12(15)17-2)7-18-10(9)6-13/h7H,3-6,13H2,1-2H3. The molecule has 0 bridgehead atoms. The highest BCUT2D eigenvalue weighted by Gasteiger charge is 2.16. The molecule has 6 heteroatoms. The number of nitrogens with two attached hydrogens (primary N) is 1. The minimum absolute atomic E-state index is 0.108. The van der Waals surface area contributed by atoms with Crippen LogP contribution >= 0.6 is 0 Å². The van der Waals surface area contributed by atoms with Crippen LogP contribution in [0.1, 0.15) is 23.3 Å². The molecule has 1 heterocycles. The first-order valence-electron chi connectivity index (χ1n) is 5.54. The molecule has 100 valence electrons. The molecule has 0 amide bonds. The molecule has 2 N–H and O–H groups in total. The van der Waals surface area contributed by atoms with Gasteiger partial charge in [-0.25, -0.2) is 0 Å². The Bertz CT molecular complexity index is 424. The van der Waals surface area contributed by atoms with Crippen LogP contribution in [-0.4, -0.2) is 26.2 Å². The first-order valence-corrected chi connectivity index (χ1v) is 5.54. The summed E-state index contributed by atoms with van der Waals surface area (Å²) in [4.78, 5) is 22.4. The maximum atomic E-state index is 11.2. The Morgan fingerprint density at radius 3 is 2.50 bits per heavy atom. The number of carbonyl (C=O) groups excluding carboxylic acids is 2. The van der Waals surface area contributed by atoms with Gasteiger partial charge >= 0.3 is 11.9 Å². The van der Waals surface area contributed by atoms with Crippen LogP contribution in [0, 0.1) is 0 Å². The van der Waals surface area contributed by atoms with Crippen molar-refractivity contribution >= 4 is 11.9 Å². The lowest BCUT2D eigenvalue weighted by Gasteiger charge is -2.04. The van der Waals surface area contributed by atoms with Gasteiger partial charge in [-0.1, -0.05) is 0 Å². The number of hydrogen-bond acceptors (Lipinski definition) is 6. The van der Waals surface area contributed by atoms with Crippen LogP contribution < -0.4 is 5.73 Å². The van der Waals surface area contributed by atoms with E-state index in [9.17, 15) is 9.59 Å². The third-order valence-electron chi connectivity index (χ3n) is 2.62. The summed E-state index contributed by atoms with van der Waals surface area (Å²) < 4.78 is 14.4. The van der Waals surface area contributed by atoms with E-state index in [1.807, 2.05) is 0 Å². The summed E-state index contributed by atoms with van der Waals surface area (Å²) in [6, 6.07) is 0. The van der Waals surface area contributed by atoms with Crippen molar-refractivity contribution in [2.75, 3.05) is 14.2 Å². The van der Waals surface area contributed by atoms with Gasteiger partial charge in [0.25, 0.3) is 0 Å². The van der Waals surface area contributed by atoms with E-state index in [4.69, 9.17) is 10.2 Å². The van der Waals surface area contributed by atoms with Crippen LogP contribution in [0.3, 0.4) is 0 Å². The number of carbonyl (C=O) groups is 2. The van der Waals surface area contributed by atoms with Crippen molar-refractivity contribution < 1.29 is 23.5 Å². The van der Waals surface area contributed by atoms with E-state index in [2.05, 4.69) is 9.47 Å². The summed E-state index contributed by atoms with van der Waals surface area (Å²) in [5.41, 5.74) is 7.03. The summed E-state index contributed by atoms with van der Waals surface area (Å²) >= 11 is 0. The van der Waals surface area contributed by atoms with Crippen LogP contribution in [-0.2, 0) is 38.4 Å². The maximum absolute atomic E-state index is 11.2. The smallest absolute Gasteiger partial charge is 0.310 e. The Hall–Kier alpha value is -1.82. The molecule has 0 saturated carbocycles. The molecule has 0 atom stereocenters. The average Bonchev–Trinajstić information content (AvgIpc) is 2.77. The monoisotopic (exact) mass is 255 g/mol. The van der Waals surface area contributed by atoms with E-state index in [-0.39, 0.29) is 31.3 Å². The molecule has 0 aromatic carbocycles. The molecule has 0 saturated heterocycles. The molecule has 18 heavy (non-hydrogen) atoms. The first-order chi connectivity index (χ1) is 8.62. The minimum Gasteiger partial charge on any atom is -0.469 e. The van der Waals surface area contributed by atoms with Gasteiger partial charge in [-0.15, -0.1) is 0 Å². The second-order valence-corrected chi connectivity index (χ2v) is 3.70. The largest absolute Gasteiger partial charge is 0.469 e. The third kappa shape index (κ3) is 3.59. The van der Waals surface area contributed by atoms with Crippen LogP contribution in [0.2, 0.25) is 0 Å². The van der Waals surface area contributed by atoms with E-state index < -0.39 is 0 Å². The molecule has 0 unspecified atom stereocenters. The molecular weight excluding hydrogens is 238 g/mol. The van der Waals surface area contributed by atoms with E-state index in [0.717, 1.165) is 5.56 Å². The van der Waals surface area contributed by atoms with Crippen LogP contribution in [0.5, 0.6) is 0 Å². The highest BCUT2D eigenvalue weighted by atomic mass is 16.5. The maximum Gasteiger partial charge on any atom is 0.310 e. The van der Waals surface area contributed by atoms with E-state index >= 15 is 0 Å². The van der Waals surface area contributed by atoms with Crippen molar-refractivity contribution in [2.45, 2.75) is 25.8 Å². The lowest BCUT2D eigenvalue weighted by molar-refractivity contribution is -0.141. The molecular formula is C12H17NO5. The van der Waals surface area contributed by atoms with E-state index in [1.165, 1.54) is 20.5 Å². The van der Waals surface area contributed by atoms with Crippen molar-refractivity contribution in [3.63, 3.8) is 0 Å². The molecule has 6 nitrogen and oxygen atoms in total. The van der Waals surface area contributed by atoms with Gasteiger partial charge in [0, 0.05) is 12.0 Å². The summed E-state index contributed by atoms with van der Waals surface area (Å²) in [5, 5.41) is 0. The molecule has 0 aliphatic heterocycles. The molecule has 0 aliphatic carbocycles. The molecule has 0 aliphatic rings. The predicted octanol–water partition coefficient (Wildman–Crippen LogP) is 0.559. The number of ether oxygens (including phenoxy) is 2. The second-order valence-electron chi connectivity index (χ2n) is 3.70. The van der Waals surface area contributed by atoms with Gasteiger partial charge in [-0.05, 0) is 12.0 Å². The van der Waals surface area contributed by atoms with Crippen molar-refractivity contribution in [3.8, 4) is 0 Å². The normalized spacial score (nSPS) is 10.2. The van der Waals surface area contributed by atoms with E-state index in [0.29, 0.717) is 17.7 Å². The summed E-state index contributed by atoms with van der Waals surface area (Å²) in [6.45, 7) is 0.220. The zero-order valence-corrected chi connectivity index (χ0v) is 10.5. The SMILES string of the molecule is COC(=O)CCc1c(CC(=O)OC)coc1CN. The zero-order chi connectivity index (χ0) is 13.5. The number of rotatable bonds is 6. The highest BCUT2D eigenvalue weighted by molar-refractivity contribution is 5.73. The van der Waals surface area contributed by atoms with Crippen molar-refractivity contribution in [3.05, 3.63) is 23.2 Å². The molecule has 1 aromatic heterocycles. The Labute approximate surface area is 105 Å². The number of hydrogen-bond donors (Lipinski definition) is 1. The second kappa shape index (κ2) is 6.80. The van der Waals surface area contributed by atoms with Crippen LogP contribution in [0.4, 0.5) is 0 Å². The number of esters is 2. The summed E-state index contributed by atoms with van der Waals surface area (Å²) in [7, 11) is 2.65. The fourth-order valence-corrected chi connectivity index (χ4v) is 1.64. The quantitative estimate of drug-likeness (QED) is 0.747. The Kier molecular flexibility index (Phi) is 5.38. The van der Waals surface area contributed by atoms with Gasteiger partial charge < -0.3 is 19.6 Å². The Morgan fingerprint density at radius 2 is 1.94 bits per heavy atom. The van der Waals surface area contributed by atoms with Gasteiger partial charge in [0.2, 0.25) is 0 Å². The van der Waals surface area contributed by atoms with Crippen LogP contribution in [0.15, 0.2) is 10.7 Å². The van der Waals surface area contributed by atoms with Gasteiger partial charge in [-0.2, -0.15) is 0 Å². The number of methoxy groups -OCH3 is 2. The molecule has 0 radical (unpaired) electrons. The minimum atomic E-state index is -0.362. The Balaban J connectivity index is 2.81. The lowest BCUT2D eigenvalue weighted by atomic mass is 10.0. The Morgan fingerprint density at radius 1 is 1.28 bits per heavy atom. The van der Waals surface area contributed by atoms with Gasteiger partial charge in [0.15, 0.2) is 0 Å². The van der Waals surface area contributed by atoms with Crippen molar-refractivity contribution in [1.82, 2.24) is 0 Å². The van der Waals surface area contributed by atoms with Gasteiger partial charge in [0.1, 0.15) is 5.76 Å². The van der Waals surface area contributed by atoms with Gasteiger partial charge in [-0.3, -0.25) is 9.59 Å². The topological polar surface area (TPSA) is 91.8 Å². The van der Waals surface area contributed by atoms with E-state index in [1.54, 1.807) is 0 Å². The molecule has 0 fully saturated rings. The summed E-state index contributed by atoms with van der Waals surface area (Å²) in [6.07, 6.45) is 2.24. The predicted molar refractivity (Wildman–Crippen MR) is 62.7 cm³/mol. The molecule has 0 spiro atoms. The molecule has 1 rings (SSSR count). The van der Waals surface area contributed by atoms with Crippen LogP contribution in [0.25, 0.3) is 0 Å². The summed E-state index contributed by atoms with van der Waals surface area (Å²) in [5.74, 6) is -0.0975. The fourth-order valence-electron chi connectivity index (χ4n) is 1.64. The number of furan rings is 1. The lowest BCUT2D eigenvalue weighted by Crippen LogP contribution is -2.09. The zero-order valence-electron chi connectivity index (χ0n) is 10.5. The highest BCUT2D eigenvalue weighted by Crippen LogP contribution is 2.20. The molecule has 1 aromatic rings. The average molecular weight is 255 g/mol. The first kappa shape index (κ1) is 14.2. The third-order valence-corrected chi connectivity index (χ3v) is 2.62.